The summed E-state index contributed by atoms with van der Waals surface area (Å²) in [4.78, 5) is 35.7. The Balaban J connectivity index is 1.64. The van der Waals surface area contributed by atoms with Crippen LogP contribution >= 0.6 is 11.3 Å². The molecule has 0 atom stereocenters. The Morgan fingerprint density at radius 3 is 2.73 bits per heavy atom. The van der Waals surface area contributed by atoms with Crippen molar-refractivity contribution in [3.05, 3.63) is 40.0 Å². The maximum Gasteiger partial charge on any atom is 0.410 e. The molecule has 0 fully saturated rings. The van der Waals surface area contributed by atoms with Gasteiger partial charge in [0.15, 0.2) is 0 Å². The number of carbonyl (C=O) groups excluding carboxylic acids is 2. The molecule has 30 heavy (non-hydrogen) atoms. The Morgan fingerprint density at radius 1 is 1.27 bits per heavy atom. The molecule has 0 saturated carbocycles. The lowest BCUT2D eigenvalue weighted by Gasteiger charge is -2.29. The second kappa shape index (κ2) is 7.39. The average Bonchev–Trinajstić information content (AvgIpc) is 3.28. The molecule has 1 amide bonds. The zero-order valence-electron chi connectivity index (χ0n) is 17.2. The van der Waals surface area contributed by atoms with Crippen molar-refractivity contribution >= 4 is 34.4 Å². The Morgan fingerprint density at radius 2 is 2.03 bits per heavy atom. The SMILES string of the molecule is COC(=O)c1cc(F)cc2[nH]c(-c3cc4c(s3)CCN(C(=O)OC(C)(C)C)C4)nc12. The van der Waals surface area contributed by atoms with E-state index in [-0.39, 0.29) is 11.7 Å². The van der Waals surface area contributed by atoms with E-state index in [4.69, 9.17) is 9.47 Å². The number of hydrogen-bond donors (Lipinski definition) is 1. The highest BCUT2D eigenvalue weighted by Crippen LogP contribution is 2.35. The molecule has 0 unspecified atom stereocenters. The summed E-state index contributed by atoms with van der Waals surface area (Å²) in [6, 6.07) is 4.40. The number of nitrogens with one attached hydrogen (secondary N) is 1. The number of ether oxygens (including phenoxy) is 2. The molecular formula is C21H22FN3O4S. The second-order valence-corrected chi connectivity index (χ2v) is 9.27. The molecule has 4 rings (SSSR count). The van der Waals surface area contributed by atoms with Gasteiger partial charge in [-0.15, -0.1) is 11.3 Å². The van der Waals surface area contributed by atoms with Crippen molar-refractivity contribution in [3.63, 3.8) is 0 Å². The number of rotatable bonds is 2. The van der Waals surface area contributed by atoms with Crippen molar-refractivity contribution in [2.24, 2.45) is 0 Å². The van der Waals surface area contributed by atoms with Crippen LogP contribution in [0.3, 0.4) is 0 Å². The topological polar surface area (TPSA) is 84.5 Å². The Hall–Kier alpha value is -2.94. The first-order valence-electron chi connectivity index (χ1n) is 9.52. The number of nitrogens with zero attached hydrogens (tertiary/aromatic N) is 2. The molecule has 3 heterocycles. The summed E-state index contributed by atoms with van der Waals surface area (Å²) in [5.74, 6) is -0.642. The largest absolute Gasteiger partial charge is 0.465 e. The zero-order valence-corrected chi connectivity index (χ0v) is 18.0. The number of aromatic nitrogens is 2. The maximum absolute atomic E-state index is 13.9. The first kappa shape index (κ1) is 20.3. The van der Waals surface area contributed by atoms with Crippen LogP contribution in [0.2, 0.25) is 0 Å². The number of hydrogen-bond acceptors (Lipinski definition) is 6. The number of benzene rings is 1. The summed E-state index contributed by atoms with van der Waals surface area (Å²) in [7, 11) is 1.25. The monoisotopic (exact) mass is 431 g/mol. The Kier molecular flexibility index (Phi) is 5.01. The number of H-pyrrole nitrogens is 1. The van der Waals surface area contributed by atoms with E-state index >= 15 is 0 Å². The highest BCUT2D eigenvalue weighted by molar-refractivity contribution is 7.15. The zero-order chi connectivity index (χ0) is 21.6. The van der Waals surface area contributed by atoms with E-state index in [1.807, 2.05) is 26.8 Å². The lowest BCUT2D eigenvalue weighted by molar-refractivity contribution is 0.0225. The molecule has 2 aromatic heterocycles. The van der Waals surface area contributed by atoms with Gasteiger partial charge in [-0.1, -0.05) is 0 Å². The summed E-state index contributed by atoms with van der Waals surface area (Å²) < 4.78 is 24.1. The molecule has 1 aliphatic heterocycles. The average molecular weight is 431 g/mol. The minimum absolute atomic E-state index is 0.0763. The minimum Gasteiger partial charge on any atom is -0.465 e. The van der Waals surface area contributed by atoms with Crippen molar-refractivity contribution < 1.29 is 23.5 Å². The lowest BCUT2D eigenvalue weighted by Crippen LogP contribution is -2.39. The molecule has 0 radical (unpaired) electrons. The van der Waals surface area contributed by atoms with Gasteiger partial charge in [-0.25, -0.2) is 19.0 Å². The fraction of sp³-hybridized carbons (Fsp3) is 0.381. The van der Waals surface area contributed by atoms with Crippen LogP contribution in [-0.4, -0.2) is 46.2 Å². The summed E-state index contributed by atoms with van der Waals surface area (Å²) in [5.41, 5.74) is 1.35. The fourth-order valence-electron chi connectivity index (χ4n) is 3.40. The summed E-state index contributed by atoms with van der Waals surface area (Å²) in [6.45, 7) is 6.57. The predicted octanol–water partition coefficient (Wildman–Crippen LogP) is 4.51. The van der Waals surface area contributed by atoms with E-state index in [1.54, 1.807) is 16.2 Å². The number of imidazole rings is 1. The van der Waals surface area contributed by atoms with E-state index in [9.17, 15) is 14.0 Å². The van der Waals surface area contributed by atoms with E-state index in [2.05, 4.69) is 9.97 Å². The number of carbonyl (C=O) groups is 2. The van der Waals surface area contributed by atoms with Crippen LogP contribution in [0.1, 0.15) is 41.6 Å². The van der Waals surface area contributed by atoms with Gasteiger partial charge in [0.2, 0.25) is 0 Å². The number of methoxy groups -OCH3 is 1. The van der Waals surface area contributed by atoms with E-state index in [1.165, 1.54) is 18.1 Å². The second-order valence-electron chi connectivity index (χ2n) is 8.14. The number of amides is 1. The summed E-state index contributed by atoms with van der Waals surface area (Å²) in [5, 5.41) is 0. The standard InChI is InChI=1S/C21H22FN3O4S/c1-21(2,3)29-20(27)25-6-5-15-11(10-25)7-16(30-15)18-23-14-9-12(22)8-13(17(14)24-18)19(26)28-4/h7-9H,5-6,10H2,1-4H3,(H,23,24). The van der Waals surface area contributed by atoms with Crippen LogP contribution in [0, 0.1) is 5.82 Å². The molecule has 0 saturated heterocycles. The maximum atomic E-state index is 13.9. The Labute approximate surface area is 176 Å². The number of thiophene rings is 1. The van der Waals surface area contributed by atoms with E-state index in [0.717, 1.165) is 22.9 Å². The lowest BCUT2D eigenvalue weighted by atomic mass is 10.1. The van der Waals surface area contributed by atoms with Crippen LogP contribution in [0.25, 0.3) is 21.7 Å². The smallest absolute Gasteiger partial charge is 0.410 e. The van der Waals surface area contributed by atoms with Gasteiger partial charge in [0.05, 0.1) is 29.6 Å². The third-order valence-electron chi connectivity index (χ3n) is 4.71. The Bertz CT molecular complexity index is 1150. The van der Waals surface area contributed by atoms with Gasteiger partial charge in [0, 0.05) is 11.4 Å². The molecule has 7 nitrogen and oxygen atoms in total. The summed E-state index contributed by atoms with van der Waals surface area (Å²) >= 11 is 1.57. The number of halogens is 1. The normalized spacial score (nSPS) is 14.0. The molecule has 3 aromatic rings. The van der Waals surface area contributed by atoms with Gasteiger partial charge in [0.25, 0.3) is 0 Å². The first-order valence-corrected chi connectivity index (χ1v) is 10.3. The number of fused-ring (bicyclic) bond motifs is 2. The highest BCUT2D eigenvalue weighted by Gasteiger charge is 2.27. The van der Waals surface area contributed by atoms with Crippen LogP contribution in [0.15, 0.2) is 18.2 Å². The molecule has 1 N–H and O–H groups in total. The van der Waals surface area contributed by atoms with Crippen LogP contribution < -0.4 is 0 Å². The van der Waals surface area contributed by atoms with Crippen LogP contribution in [0.5, 0.6) is 0 Å². The first-order chi connectivity index (χ1) is 14.1. The van der Waals surface area contributed by atoms with Crippen molar-refractivity contribution in [1.29, 1.82) is 0 Å². The van der Waals surface area contributed by atoms with Gasteiger partial charge in [-0.05, 0) is 51.0 Å². The molecule has 9 heteroatoms. The third-order valence-corrected chi connectivity index (χ3v) is 5.95. The number of aromatic amines is 1. The van der Waals surface area contributed by atoms with E-state index in [0.29, 0.717) is 29.9 Å². The molecule has 0 spiro atoms. The van der Waals surface area contributed by atoms with Gasteiger partial charge < -0.3 is 19.4 Å². The van der Waals surface area contributed by atoms with Crippen molar-refractivity contribution in [1.82, 2.24) is 14.9 Å². The van der Waals surface area contributed by atoms with Crippen molar-refractivity contribution in [3.8, 4) is 10.7 Å². The molecule has 0 aliphatic carbocycles. The van der Waals surface area contributed by atoms with Gasteiger partial charge in [0.1, 0.15) is 22.8 Å². The number of esters is 1. The minimum atomic E-state index is -0.643. The van der Waals surface area contributed by atoms with Gasteiger partial charge >= 0.3 is 12.1 Å². The highest BCUT2D eigenvalue weighted by atomic mass is 32.1. The van der Waals surface area contributed by atoms with E-state index < -0.39 is 17.4 Å². The summed E-state index contributed by atoms with van der Waals surface area (Å²) in [6.07, 6.45) is 0.393. The quantitative estimate of drug-likeness (QED) is 0.604. The fourth-order valence-corrected chi connectivity index (χ4v) is 4.50. The molecule has 0 bridgehead atoms. The van der Waals surface area contributed by atoms with Crippen molar-refractivity contribution in [2.45, 2.75) is 39.3 Å². The van der Waals surface area contributed by atoms with Gasteiger partial charge in [-0.3, -0.25) is 0 Å². The van der Waals surface area contributed by atoms with Crippen molar-refractivity contribution in [2.75, 3.05) is 13.7 Å². The molecule has 1 aromatic carbocycles. The van der Waals surface area contributed by atoms with Crippen LogP contribution in [-0.2, 0) is 22.4 Å². The molecule has 1 aliphatic rings. The third kappa shape index (κ3) is 3.89. The molecular weight excluding hydrogens is 409 g/mol. The van der Waals surface area contributed by atoms with Crippen LogP contribution in [0.4, 0.5) is 9.18 Å². The van der Waals surface area contributed by atoms with Gasteiger partial charge in [-0.2, -0.15) is 0 Å². The predicted molar refractivity (Wildman–Crippen MR) is 111 cm³/mol. The molecule has 158 valence electrons.